The van der Waals surface area contributed by atoms with Crippen molar-refractivity contribution < 1.29 is 9.59 Å². The van der Waals surface area contributed by atoms with Gasteiger partial charge >= 0.3 is 0 Å². The van der Waals surface area contributed by atoms with Crippen molar-refractivity contribution in [3.8, 4) is 0 Å². The summed E-state index contributed by atoms with van der Waals surface area (Å²) in [6.45, 7) is 0. The van der Waals surface area contributed by atoms with Crippen molar-refractivity contribution in [1.82, 2.24) is 5.32 Å². The van der Waals surface area contributed by atoms with Gasteiger partial charge in [0.25, 0.3) is 5.91 Å². The predicted molar refractivity (Wildman–Crippen MR) is 97.7 cm³/mol. The Kier molecular flexibility index (Phi) is 5.70. The minimum absolute atomic E-state index is 0.0151. The zero-order chi connectivity index (χ0) is 16.8. The molecule has 0 spiro atoms. The normalized spacial score (nSPS) is 14.5. The molecule has 3 nitrogen and oxygen atoms in total. The summed E-state index contributed by atoms with van der Waals surface area (Å²) in [4.78, 5) is 25.4. The van der Waals surface area contributed by atoms with Gasteiger partial charge in [-0.25, -0.2) is 0 Å². The van der Waals surface area contributed by atoms with Gasteiger partial charge in [0.1, 0.15) is 0 Å². The lowest BCUT2D eigenvalue weighted by atomic mass is 10.2. The number of nitrogens with one attached hydrogen (secondary N) is 1. The van der Waals surface area contributed by atoms with E-state index >= 15 is 0 Å². The number of carbonyl (C=O) groups excluding carboxylic acids is 2. The highest BCUT2D eigenvalue weighted by Crippen LogP contribution is 2.22. The fraction of sp³-hybridized carbons (Fsp3) is 0.300. The number of rotatable bonds is 6. The second kappa shape index (κ2) is 8.15. The maximum Gasteiger partial charge on any atom is 0.251 e. The number of Topliss-reactive ketones (excluding diaryl/α,β-unsaturated/α-hetero) is 1. The molecular formula is C20H21NO2S. The largest absolute Gasteiger partial charge is 0.349 e. The molecule has 1 aliphatic carbocycles. The van der Waals surface area contributed by atoms with Crippen LogP contribution in [0.5, 0.6) is 0 Å². The van der Waals surface area contributed by atoms with E-state index in [-0.39, 0.29) is 11.7 Å². The van der Waals surface area contributed by atoms with Gasteiger partial charge in [0, 0.05) is 22.1 Å². The molecule has 1 amide bonds. The molecule has 0 atom stereocenters. The van der Waals surface area contributed by atoms with Crippen LogP contribution in [0.1, 0.15) is 46.4 Å². The van der Waals surface area contributed by atoms with Crippen LogP contribution in [0.25, 0.3) is 0 Å². The molecule has 2 aromatic rings. The highest BCUT2D eigenvalue weighted by molar-refractivity contribution is 8.00. The third kappa shape index (κ3) is 4.48. The third-order valence-electron chi connectivity index (χ3n) is 4.25. The summed E-state index contributed by atoms with van der Waals surface area (Å²) in [5, 5.41) is 3.10. The Hall–Kier alpha value is -2.07. The van der Waals surface area contributed by atoms with Crippen LogP contribution in [0.4, 0.5) is 0 Å². The van der Waals surface area contributed by atoms with Gasteiger partial charge in [-0.05, 0) is 31.0 Å². The Labute approximate surface area is 146 Å². The van der Waals surface area contributed by atoms with E-state index in [2.05, 4.69) is 5.32 Å². The van der Waals surface area contributed by atoms with Crippen molar-refractivity contribution >= 4 is 23.5 Å². The second-order valence-corrected chi connectivity index (χ2v) is 7.11. The standard InChI is InChI=1S/C20H21NO2S/c22-19(15-7-2-1-3-8-15)14-24-18-12-6-9-16(13-18)20(23)21-17-10-4-5-11-17/h1-3,6-9,12-13,17H,4-5,10-11,14H2,(H,21,23). The zero-order valence-electron chi connectivity index (χ0n) is 13.5. The molecule has 0 radical (unpaired) electrons. The number of carbonyl (C=O) groups is 2. The minimum atomic E-state index is -0.0151. The van der Waals surface area contributed by atoms with E-state index in [9.17, 15) is 9.59 Å². The van der Waals surface area contributed by atoms with Gasteiger partial charge in [-0.1, -0.05) is 49.2 Å². The van der Waals surface area contributed by atoms with Gasteiger partial charge in [-0.15, -0.1) is 11.8 Å². The number of thioether (sulfide) groups is 1. The SMILES string of the molecule is O=C(CSc1cccc(C(=O)NC2CCCC2)c1)c1ccccc1. The van der Waals surface area contributed by atoms with Gasteiger partial charge in [-0.2, -0.15) is 0 Å². The van der Waals surface area contributed by atoms with Crippen molar-refractivity contribution in [2.75, 3.05) is 5.75 Å². The first kappa shape index (κ1) is 16.8. The first-order valence-electron chi connectivity index (χ1n) is 8.34. The number of ketones is 1. The van der Waals surface area contributed by atoms with Crippen LogP contribution >= 0.6 is 11.8 Å². The van der Waals surface area contributed by atoms with E-state index < -0.39 is 0 Å². The summed E-state index contributed by atoms with van der Waals surface area (Å²) < 4.78 is 0. The van der Waals surface area contributed by atoms with Gasteiger partial charge in [0.15, 0.2) is 5.78 Å². The average molecular weight is 339 g/mol. The van der Waals surface area contributed by atoms with Crippen LogP contribution in [-0.2, 0) is 0 Å². The van der Waals surface area contributed by atoms with Gasteiger partial charge < -0.3 is 5.32 Å². The van der Waals surface area contributed by atoms with Crippen LogP contribution < -0.4 is 5.32 Å². The molecule has 124 valence electrons. The first-order valence-corrected chi connectivity index (χ1v) is 9.33. The molecule has 1 fully saturated rings. The van der Waals surface area contributed by atoms with Crippen LogP contribution in [-0.4, -0.2) is 23.5 Å². The first-order chi connectivity index (χ1) is 11.7. The molecule has 24 heavy (non-hydrogen) atoms. The fourth-order valence-corrected chi connectivity index (χ4v) is 3.77. The molecule has 1 aliphatic rings. The van der Waals surface area contributed by atoms with E-state index in [1.54, 1.807) is 0 Å². The average Bonchev–Trinajstić information content (AvgIpc) is 3.13. The molecule has 0 heterocycles. The molecule has 2 aromatic carbocycles. The van der Waals surface area contributed by atoms with Crippen LogP contribution in [0, 0.1) is 0 Å². The molecule has 3 rings (SSSR count). The van der Waals surface area contributed by atoms with Crippen LogP contribution in [0.2, 0.25) is 0 Å². The monoisotopic (exact) mass is 339 g/mol. The summed E-state index contributed by atoms with van der Waals surface area (Å²) in [6, 6.07) is 17.1. The molecule has 0 unspecified atom stereocenters. The van der Waals surface area contributed by atoms with Crippen LogP contribution in [0.3, 0.4) is 0 Å². The van der Waals surface area contributed by atoms with E-state index in [0.717, 1.165) is 23.3 Å². The Morgan fingerprint density at radius 2 is 1.67 bits per heavy atom. The van der Waals surface area contributed by atoms with E-state index in [0.29, 0.717) is 17.4 Å². The molecular weight excluding hydrogens is 318 g/mol. The Morgan fingerprint density at radius 3 is 2.42 bits per heavy atom. The van der Waals surface area contributed by atoms with Gasteiger partial charge in [0.2, 0.25) is 0 Å². The van der Waals surface area contributed by atoms with Crippen LogP contribution in [0.15, 0.2) is 59.5 Å². The summed E-state index contributed by atoms with van der Waals surface area (Å²) in [6.07, 6.45) is 4.54. The topological polar surface area (TPSA) is 46.2 Å². The summed E-state index contributed by atoms with van der Waals surface area (Å²) in [5.41, 5.74) is 1.39. The number of hydrogen-bond acceptors (Lipinski definition) is 3. The van der Waals surface area contributed by atoms with Crippen molar-refractivity contribution in [3.63, 3.8) is 0 Å². The lowest BCUT2D eigenvalue weighted by Crippen LogP contribution is -2.32. The maximum absolute atomic E-state index is 12.3. The molecule has 0 aliphatic heterocycles. The Morgan fingerprint density at radius 1 is 0.958 bits per heavy atom. The number of amides is 1. The smallest absolute Gasteiger partial charge is 0.251 e. The Balaban J connectivity index is 1.58. The zero-order valence-corrected chi connectivity index (χ0v) is 14.4. The van der Waals surface area contributed by atoms with Crippen molar-refractivity contribution in [3.05, 3.63) is 65.7 Å². The lowest BCUT2D eigenvalue weighted by molar-refractivity contribution is 0.0937. The maximum atomic E-state index is 12.3. The predicted octanol–water partition coefficient (Wildman–Crippen LogP) is 4.33. The van der Waals surface area contributed by atoms with Gasteiger partial charge in [0.05, 0.1) is 5.75 Å². The lowest BCUT2D eigenvalue weighted by Gasteiger charge is -2.12. The molecule has 1 saturated carbocycles. The van der Waals surface area contributed by atoms with Gasteiger partial charge in [-0.3, -0.25) is 9.59 Å². The number of hydrogen-bond donors (Lipinski definition) is 1. The van der Waals surface area contributed by atoms with E-state index in [1.165, 1.54) is 24.6 Å². The number of benzene rings is 2. The summed E-state index contributed by atoms with van der Waals surface area (Å²) in [5.74, 6) is 0.456. The van der Waals surface area contributed by atoms with Crippen molar-refractivity contribution in [2.24, 2.45) is 0 Å². The minimum Gasteiger partial charge on any atom is -0.349 e. The van der Waals surface area contributed by atoms with E-state index in [4.69, 9.17) is 0 Å². The molecule has 1 N–H and O–H groups in total. The summed E-state index contributed by atoms with van der Waals surface area (Å²) in [7, 11) is 0. The molecule has 4 heteroatoms. The summed E-state index contributed by atoms with van der Waals surface area (Å²) >= 11 is 1.47. The quantitative estimate of drug-likeness (QED) is 0.629. The second-order valence-electron chi connectivity index (χ2n) is 6.06. The highest BCUT2D eigenvalue weighted by Gasteiger charge is 2.18. The Bertz CT molecular complexity index is 709. The highest BCUT2D eigenvalue weighted by atomic mass is 32.2. The third-order valence-corrected chi connectivity index (χ3v) is 5.25. The fourth-order valence-electron chi connectivity index (χ4n) is 2.92. The van der Waals surface area contributed by atoms with Crippen molar-refractivity contribution in [1.29, 1.82) is 0 Å². The molecule has 0 aromatic heterocycles. The van der Waals surface area contributed by atoms with E-state index in [1.807, 2.05) is 54.6 Å². The molecule has 0 bridgehead atoms. The van der Waals surface area contributed by atoms with Crippen molar-refractivity contribution in [2.45, 2.75) is 36.6 Å². The molecule has 0 saturated heterocycles.